The molecule has 2 aromatic rings. The quantitative estimate of drug-likeness (QED) is 0.470. The number of rotatable bonds is 7. The minimum atomic E-state index is -0.469. The summed E-state index contributed by atoms with van der Waals surface area (Å²) in [4.78, 5) is 16.4. The van der Waals surface area contributed by atoms with Crippen LogP contribution in [0, 0.1) is 10.1 Å². The molecule has 0 aliphatic carbocycles. The molecule has 1 aromatic heterocycles. The van der Waals surface area contributed by atoms with Gasteiger partial charge in [0.1, 0.15) is 5.52 Å². The largest absolute Gasteiger partial charge is 0.439 e. The molecule has 0 saturated heterocycles. The molecule has 1 heterocycles. The topological polar surface area (TPSA) is 92.6 Å². The van der Waals surface area contributed by atoms with Crippen LogP contribution in [0.3, 0.4) is 0 Å². The first-order valence-corrected chi connectivity index (χ1v) is 6.12. The number of aliphatic hydroxyl groups excluding tert-OH is 1. The van der Waals surface area contributed by atoms with Gasteiger partial charge in [-0.2, -0.15) is 0 Å². The standard InChI is InChI=1S/C13H15N3O4/c1-2-5-15(6-7-17)9-13-14-11-8-10(16(18)19)3-4-12(11)20-13/h2-4,8,17H,1,5-7,9H2. The number of oxazole rings is 1. The van der Waals surface area contributed by atoms with Gasteiger partial charge >= 0.3 is 0 Å². The van der Waals surface area contributed by atoms with Gasteiger partial charge in [0.2, 0.25) is 5.89 Å². The number of nitrogens with zero attached hydrogens (tertiary/aromatic N) is 3. The monoisotopic (exact) mass is 277 g/mol. The van der Waals surface area contributed by atoms with Gasteiger partial charge in [-0.25, -0.2) is 4.98 Å². The molecular formula is C13H15N3O4. The van der Waals surface area contributed by atoms with Crippen molar-refractivity contribution in [3.05, 3.63) is 46.9 Å². The number of non-ortho nitro benzene ring substituents is 1. The van der Waals surface area contributed by atoms with Crippen molar-refractivity contribution in [3.63, 3.8) is 0 Å². The maximum Gasteiger partial charge on any atom is 0.271 e. The van der Waals surface area contributed by atoms with Crippen LogP contribution in [0.4, 0.5) is 5.69 Å². The fourth-order valence-corrected chi connectivity index (χ4v) is 1.89. The molecule has 7 nitrogen and oxygen atoms in total. The second kappa shape index (κ2) is 6.27. The second-order valence-corrected chi connectivity index (χ2v) is 4.26. The number of fused-ring (bicyclic) bond motifs is 1. The van der Waals surface area contributed by atoms with E-state index in [4.69, 9.17) is 9.52 Å². The van der Waals surface area contributed by atoms with Gasteiger partial charge < -0.3 is 9.52 Å². The summed E-state index contributed by atoms with van der Waals surface area (Å²) in [5, 5.41) is 19.7. The lowest BCUT2D eigenvalue weighted by Crippen LogP contribution is -2.26. The Hall–Kier alpha value is -2.25. The smallest absolute Gasteiger partial charge is 0.271 e. The zero-order valence-corrected chi connectivity index (χ0v) is 10.9. The lowest BCUT2D eigenvalue weighted by Gasteiger charge is -2.16. The van der Waals surface area contributed by atoms with Gasteiger partial charge in [0.15, 0.2) is 5.58 Å². The van der Waals surface area contributed by atoms with Crippen LogP contribution in [-0.2, 0) is 6.54 Å². The van der Waals surface area contributed by atoms with Crippen LogP contribution in [0.25, 0.3) is 11.1 Å². The number of aromatic nitrogens is 1. The molecule has 1 aromatic carbocycles. The molecule has 7 heteroatoms. The van der Waals surface area contributed by atoms with Crippen molar-refractivity contribution in [3.8, 4) is 0 Å². The Kier molecular flexibility index (Phi) is 4.44. The summed E-state index contributed by atoms with van der Waals surface area (Å²) in [7, 11) is 0. The number of benzene rings is 1. The van der Waals surface area contributed by atoms with E-state index >= 15 is 0 Å². The number of hydrogen-bond acceptors (Lipinski definition) is 6. The Labute approximate surface area is 115 Å². The van der Waals surface area contributed by atoms with E-state index in [2.05, 4.69) is 11.6 Å². The first kappa shape index (κ1) is 14.2. The van der Waals surface area contributed by atoms with E-state index in [1.807, 2.05) is 4.90 Å². The first-order chi connectivity index (χ1) is 9.63. The summed E-state index contributed by atoms with van der Waals surface area (Å²) in [6.07, 6.45) is 1.73. The minimum absolute atomic E-state index is 0.0179. The zero-order valence-electron chi connectivity index (χ0n) is 10.9. The summed E-state index contributed by atoms with van der Waals surface area (Å²) in [6.45, 7) is 5.16. The maximum atomic E-state index is 10.7. The van der Waals surface area contributed by atoms with Gasteiger partial charge in [-0.15, -0.1) is 6.58 Å². The summed E-state index contributed by atoms with van der Waals surface area (Å²) in [5.41, 5.74) is 0.945. The lowest BCUT2D eigenvalue weighted by atomic mass is 10.3. The van der Waals surface area contributed by atoms with Crippen LogP contribution in [-0.4, -0.2) is 39.6 Å². The predicted molar refractivity (Wildman–Crippen MR) is 73.2 cm³/mol. The maximum absolute atomic E-state index is 10.7. The van der Waals surface area contributed by atoms with E-state index in [9.17, 15) is 10.1 Å². The van der Waals surface area contributed by atoms with Gasteiger partial charge in [0.25, 0.3) is 5.69 Å². The van der Waals surface area contributed by atoms with E-state index in [0.717, 1.165) is 0 Å². The summed E-state index contributed by atoms with van der Waals surface area (Å²) in [5.74, 6) is 0.454. The Morgan fingerprint density at radius 2 is 2.35 bits per heavy atom. The van der Waals surface area contributed by atoms with Gasteiger partial charge in [0.05, 0.1) is 18.1 Å². The van der Waals surface area contributed by atoms with Crippen molar-refractivity contribution < 1.29 is 14.4 Å². The number of aliphatic hydroxyl groups is 1. The second-order valence-electron chi connectivity index (χ2n) is 4.26. The number of hydrogen-bond donors (Lipinski definition) is 1. The van der Waals surface area contributed by atoms with Crippen LogP contribution >= 0.6 is 0 Å². The Bertz CT molecular complexity index is 623. The van der Waals surface area contributed by atoms with E-state index in [0.29, 0.717) is 36.6 Å². The van der Waals surface area contributed by atoms with Crippen molar-refractivity contribution in [1.29, 1.82) is 0 Å². The third-order valence-corrected chi connectivity index (χ3v) is 2.79. The van der Waals surface area contributed by atoms with E-state index in [1.54, 1.807) is 6.08 Å². The summed E-state index contributed by atoms with van der Waals surface area (Å²) < 4.78 is 5.53. The Morgan fingerprint density at radius 1 is 1.55 bits per heavy atom. The lowest BCUT2D eigenvalue weighted by molar-refractivity contribution is -0.384. The molecular weight excluding hydrogens is 262 g/mol. The highest BCUT2D eigenvalue weighted by atomic mass is 16.6. The van der Waals surface area contributed by atoms with Gasteiger partial charge in [-0.1, -0.05) is 6.08 Å². The molecule has 2 rings (SSSR count). The highest BCUT2D eigenvalue weighted by molar-refractivity contribution is 5.75. The molecule has 0 bridgehead atoms. The number of nitro groups is 1. The minimum Gasteiger partial charge on any atom is -0.439 e. The SMILES string of the molecule is C=CCN(CCO)Cc1nc2cc([N+](=O)[O-])ccc2o1. The fourth-order valence-electron chi connectivity index (χ4n) is 1.89. The van der Waals surface area contributed by atoms with Crippen LogP contribution in [0.2, 0.25) is 0 Å². The van der Waals surface area contributed by atoms with E-state index < -0.39 is 4.92 Å². The van der Waals surface area contributed by atoms with Crippen LogP contribution < -0.4 is 0 Å². The van der Waals surface area contributed by atoms with Crippen molar-refractivity contribution in [1.82, 2.24) is 9.88 Å². The fraction of sp³-hybridized carbons (Fsp3) is 0.308. The zero-order chi connectivity index (χ0) is 14.5. The predicted octanol–water partition coefficient (Wildman–Crippen LogP) is 1.72. The van der Waals surface area contributed by atoms with Gasteiger partial charge in [-0.3, -0.25) is 15.0 Å². The molecule has 0 atom stereocenters. The summed E-state index contributed by atoms with van der Waals surface area (Å²) >= 11 is 0. The molecule has 20 heavy (non-hydrogen) atoms. The van der Waals surface area contributed by atoms with Gasteiger partial charge in [-0.05, 0) is 6.07 Å². The van der Waals surface area contributed by atoms with Crippen LogP contribution in [0.5, 0.6) is 0 Å². The van der Waals surface area contributed by atoms with E-state index in [-0.39, 0.29) is 12.3 Å². The van der Waals surface area contributed by atoms with Gasteiger partial charge in [0, 0.05) is 25.2 Å². The van der Waals surface area contributed by atoms with Crippen LogP contribution in [0.15, 0.2) is 35.3 Å². The molecule has 0 unspecified atom stereocenters. The third-order valence-electron chi connectivity index (χ3n) is 2.79. The molecule has 1 N–H and O–H groups in total. The molecule has 0 spiro atoms. The molecule has 0 amide bonds. The molecule has 0 radical (unpaired) electrons. The van der Waals surface area contributed by atoms with E-state index in [1.165, 1.54) is 18.2 Å². The van der Waals surface area contributed by atoms with Crippen molar-refractivity contribution >= 4 is 16.8 Å². The molecule has 0 aliphatic rings. The first-order valence-electron chi connectivity index (χ1n) is 6.12. The number of nitro benzene ring substituents is 1. The normalized spacial score (nSPS) is 11.1. The molecule has 106 valence electrons. The molecule has 0 saturated carbocycles. The molecule has 0 aliphatic heterocycles. The van der Waals surface area contributed by atoms with Crippen molar-refractivity contribution in [2.75, 3.05) is 19.7 Å². The summed E-state index contributed by atoms with van der Waals surface area (Å²) in [6, 6.07) is 4.30. The van der Waals surface area contributed by atoms with Crippen molar-refractivity contribution in [2.45, 2.75) is 6.54 Å². The average molecular weight is 277 g/mol. The molecule has 0 fully saturated rings. The Balaban J connectivity index is 2.22. The highest BCUT2D eigenvalue weighted by Gasteiger charge is 2.13. The average Bonchev–Trinajstić information content (AvgIpc) is 2.80. The van der Waals surface area contributed by atoms with Crippen LogP contribution in [0.1, 0.15) is 5.89 Å². The highest BCUT2D eigenvalue weighted by Crippen LogP contribution is 2.21. The third kappa shape index (κ3) is 3.19. The Morgan fingerprint density at radius 3 is 3.00 bits per heavy atom. The van der Waals surface area contributed by atoms with Crippen molar-refractivity contribution in [2.24, 2.45) is 0 Å².